The maximum atomic E-state index is 13.2. The molecule has 1 aliphatic heterocycles. The van der Waals surface area contributed by atoms with Crippen LogP contribution < -0.4 is 15.4 Å². The zero-order valence-corrected chi connectivity index (χ0v) is 23.1. The molecule has 0 spiro atoms. The third-order valence-corrected chi connectivity index (χ3v) is 7.62. The van der Waals surface area contributed by atoms with Crippen molar-refractivity contribution in [1.82, 2.24) is 20.0 Å². The molecule has 0 unspecified atom stereocenters. The molecule has 2 aromatic carbocycles. The van der Waals surface area contributed by atoms with Gasteiger partial charge in [-0.1, -0.05) is 11.8 Å². The number of aromatic nitrogens is 2. The summed E-state index contributed by atoms with van der Waals surface area (Å²) in [5.74, 6) is 5.86. The Kier molecular flexibility index (Phi) is 8.60. The van der Waals surface area contributed by atoms with Crippen LogP contribution in [0.25, 0.3) is 10.9 Å². The Bertz CT molecular complexity index is 1570. The Morgan fingerprint density at radius 3 is 2.58 bits per heavy atom. The van der Waals surface area contributed by atoms with Crippen molar-refractivity contribution >= 4 is 32.3 Å². The Hall–Kier alpha value is -3.76. The van der Waals surface area contributed by atoms with Gasteiger partial charge in [0.2, 0.25) is 0 Å². The molecule has 13 heteroatoms. The van der Waals surface area contributed by atoms with Gasteiger partial charge in [0.1, 0.15) is 12.3 Å². The van der Waals surface area contributed by atoms with E-state index in [2.05, 4.69) is 32.5 Å². The van der Waals surface area contributed by atoms with Gasteiger partial charge in [0.25, 0.3) is 5.91 Å². The average Bonchev–Trinajstić information content (AvgIpc) is 3.27. The Balaban J connectivity index is 1.60. The standard InChI is InChI=1S/C27H30F3N5O4S/c1-34-11-8-19(9-12-34)32-26(36)21-13-18(14-23-22(21)16-35(33-23)17-27(28,29)30)5-4-10-31-24-15-20(40(3,37)38)6-7-25(24)39-2/h6-7,13-16,19,31H,8-12,17H2,1-3H3,(H,32,36). The highest BCUT2D eigenvalue weighted by atomic mass is 32.2. The second kappa shape index (κ2) is 11.8. The predicted molar refractivity (Wildman–Crippen MR) is 145 cm³/mol. The van der Waals surface area contributed by atoms with Crippen molar-refractivity contribution in [2.45, 2.75) is 36.5 Å². The van der Waals surface area contributed by atoms with E-state index < -0.39 is 28.5 Å². The molecule has 1 saturated heterocycles. The molecule has 0 radical (unpaired) electrons. The fourth-order valence-corrected chi connectivity index (χ4v) is 5.10. The van der Waals surface area contributed by atoms with Crippen LogP contribution in [0.2, 0.25) is 0 Å². The van der Waals surface area contributed by atoms with Crippen LogP contribution in [0, 0.1) is 11.8 Å². The molecule has 1 fully saturated rings. The second-order valence-electron chi connectivity index (χ2n) is 9.74. The third kappa shape index (κ3) is 7.45. The fraction of sp³-hybridized carbons (Fsp3) is 0.407. The summed E-state index contributed by atoms with van der Waals surface area (Å²) in [7, 11) is 0.0301. The van der Waals surface area contributed by atoms with E-state index in [1.54, 1.807) is 6.07 Å². The maximum Gasteiger partial charge on any atom is 0.408 e. The van der Waals surface area contributed by atoms with Crippen molar-refractivity contribution in [3.63, 3.8) is 0 Å². The minimum absolute atomic E-state index is 0.0411. The number of hydrogen-bond donors (Lipinski definition) is 2. The van der Waals surface area contributed by atoms with E-state index >= 15 is 0 Å². The van der Waals surface area contributed by atoms with E-state index in [1.165, 1.54) is 37.6 Å². The number of alkyl halides is 3. The zero-order valence-electron chi connectivity index (χ0n) is 22.3. The molecule has 0 aliphatic carbocycles. The predicted octanol–water partition coefficient (Wildman–Crippen LogP) is 3.30. The number of carbonyl (C=O) groups excluding carboxylic acids is 1. The number of likely N-dealkylation sites (tertiary alicyclic amines) is 1. The SMILES string of the molecule is COc1ccc(S(C)(=O)=O)cc1NCC#Cc1cc(C(=O)NC2CCN(C)CC2)c2cn(CC(F)(F)F)nc2c1. The van der Waals surface area contributed by atoms with Crippen molar-refractivity contribution in [3.05, 3.63) is 47.7 Å². The van der Waals surface area contributed by atoms with Crippen molar-refractivity contribution in [2.24, 2.45) is 0 Å². The quantitative estimate of drug-likeness (QED) is 0.415. The van der Waals surface area contributed by atoms with Gasteiger partial charge in [0.15, 0.2) is 9.84 Å². The van der Waals surface area contributed by atoms with Gasteiger partial charge in [0.05, 0.1) is 35.3 Å². The lowest BCUT2D eigenvalue weighted by Gasteiger charge is -2.29. The summed E-state index contributed by atoms with van der Waals surface area (Å²) in [6, 6.07) is 7.46. The number of fused-ring (bicyclic) bond motifs is 1. The molecule has 0 saturated carbocycles. The molecule has 214 valence electrons. The summed E-state index contributed by atoms with van der Waals surface area (Å²) in [4.78, 5) is 15.5. The summed E-state index contributed by atoms with van der Waals surface area (Å²) < 4.78 is 68.9. The first kappa shape index (κ1) is 29.2. The first-order chi connectivity index (χ1) is 18.8. The second-order valence-corrected chi connectivity index (χ2v) is 11.8. The van der Waals surface area contributed by atoms with Gasteiger partial charge in [-0.25, -0.2) is 8.42 Å². The van der Waals surface area contributed by atoms with E-state index in [0.717, 1.165) is 36.9 Å². The molecule has 2 heterocycles. The molecule has 0 bridgehead atoms. The van der Waals surface area contributed by atoms with Crippen LogP contribution in [0.15, 0.2) is 41.4 Å². The fourth-order valence-electron chi connectivity index (χ4n) is 4.45. The van der Waals surface area contributed by atoms with Gasteiger partial charge < -0.3 is 20.3 Å². The number of amides is 1. The lowest BCUT2D eigenvalue weighted by molar-refractivity contribution is -0.142. The number of methoxy groups -OCH3 is 1. The van der Waals surface area contributed by atoms with Gasteiger partial charge in [-0.15, -0.1) is 0 Å². The normalized spacial score (nSPS) is 14.9. The van der Waals surface area contributed by atoms with Gasteiger partial charge in [0, 0.05) is 29.4 Å². The number of piperidine rings is 1. The van der Waals surface area contributed by atoms with Crippen LogP contribution in [-0.4, -0.2) is 81.3 Å². The molecule has 4 rings (SSSR count). The number of rotatable bonds is 7. The molecule has 3 aromatic rings. The number of anilines is 1. The van der Waals surface area contributed by atoms with Crippen molar-refractivity contribution in [3.8, 4) is 17.6 Å². The molecule has 2 N–H and O–H groups in total. The summed E-state index contributed by atoms with van der Waals surface area (Å²) in [5.41, 5.74) is 1.25. The Morgan fingerprint density at radius 2 is 1.93 bits per heavy atom. The number of benzene rings is 2. The largest absolute Gasteiger partial charge is 0.495 e. The highest BCUT2D eigenvalue weighted by Crippen LogP contribution is 2.27. The van der Waals surface area contributed by atoms with E-state index in [9.17, 15) is 26.4 Å². The minimum atomic E-state index is -4.47. The number of carbonyl (C=O) groups is 1. The number of ether oxygens (including phenoxy) is 1. The minimum Gasteiger partial charge on any atom is -0.495 e. The lowest BCUT2D eigenvalue weighted by Crippen LogP contribution is -2.43. The molecule has 40 heavy (non-hydrogen) atoms. The van der Waals surface area contributed by atoms with E-state index in [1.807, 2.05) is 7.05 Å². The topological polar surface area (TPSA) is 106 Å². The number of halogens is 3. The zero-order chi connectivity index (χ0) is 29.1. The smallest absolute Gasteiger partial charge is 0.408 e. The molecule has 1 amide bonds. The average molecular weight is 578 g/mol. The molecular weight excluding hydrogens is 547 g/mol. The number of nitrogens with one attached hydrogen (secondary N) is 2. The van der Waals surface area contributed by atoms with Crippen LogP contribution in [0.3, 0.4) is 0 Å². The van der Waals surface area contributed by atoms with Crippen LogP contribution in [-0.2, 0) is 16.4 Å². The number of nitrogens with zero attached hydrogens (tertiary/aromatic N) is 3. The lowest BCUT2D eigenvalue weighted by atomic mass is 10.0. The van der Waals surface area contributed by atoms with Gasteiger partial charge in [-0.05, 0) is 63.3 Å². The van der Waals surface area contributed by atoms with Crippen LogP contribution >= 0.6 is 0 Å². The Labute approximate surface area is 230 Å². The highest BCUT2D eigenvalue weighted by molar-refractivity contribution is 7.90. The summed E-state index contributed by atoms with van der Waals surface area (Å²) in [6.07, 6.45) is -0.596. The van der Waals surface area contributed by atoms with Gasteiger partial charge in [-0.2, -0.15) is 18.3 Å². The molecule has 0 atom stereocenters. The monoisotopic (exact) mass is 577 g/mol. The van der Waals surface area contributed by atoms with Crippen molar-refractivity contribution in [2.75, 3.05) is 45.4 Å². The van der Waals surface area contributed by atoms with Crippen LogP contribution in [0.5, 0.6) is 5.75 Å². The van der Waals surface area contributed by atoms with E-state index in [0.29, 0.717) is 22.4 Å². The van der Waals surface area contributed by atoms with Crippen molar-refractivity contribution < 1.29 is 31.1 Å². The molecule has 1 aromatic heterocycles. The maximum absolute atomic E-state index is 13.2. The van der Waals surface area contributed by atoms with E-state index in [4.69, 9.17) is 4.74 Å². The summed E-state index contributed by atoms with van der Waals surface area (Å²) in [5, 5.41) is 10.4. The van der Waals surface area contributed by atoms with E-state index in [-0.39, 0.29) is 28.6 Å². The van der Waals surface area contributed by atoms with Gasteiger partial charge in [-0.3, -0.25) is 9.48 Å². The first-order valence-electron chi connectivity index (χ1n) is 12.5. The summed E-state index contributed by atoms with van der Waals surface area (Å²) in [6.45, 7) is 0.485. The van der Waals surface area contributed by atoms with Crippen LogP contribution in [0.4, 0.5) is 18.9 Å². The van der Waals surface area contributed by atoms with Gasteiger partial charge >= 0.3 is 6.18 Å². The van der Waals surface area contributed by atoms with Crippen molar-refractivity contribution in [1.29, 1.82) is 0 Å². The highest BCUT2D eigenvalue weighted by Gasteiger charge is 2.29. The first-order valence-corrected chi connectivity index (χ1v) is 14.4. The molecular formula is C27H30F3N5O4S. The van der Waals surface area contributed by atoms with Crippen LogP contribution in [0.1, 0.15) is 28.8 Å². The summed E-state index contributed by atoms with van der Waals surface area (Å²) >= 11 is 0. The number of sulfone groups is 1. The Morgan fingerprint density at radius 1 is 1.20 bits per heavy atom. The third-order valence-electron chi connectivity index (χ3n) is 6.51. The molecule has 1 aliphatic rings. The number of hydrogen-bond acceptors (Lipinski definition) is 7. The molecule has 9 nitrogen and oxygen atoms in total.